The summed E-state index contributed by atoms with van der Waals surface area (Å²) in [7, 11) is 0. The number of rotatable bonds is 8. The molecule has 0 unspecified atom stereocenters. The lowest BCUT2D eigenvalue weighted by Gasteiger charge is -2.31. The van der Waals surface area contributed by atoms with E-state index < -0.39 is 0 Å². The minimum absolute atomic E-state index is 0.179. The van der Waals surface area contributed by atoms with E-state index in [0.717, 1.165) is 37.4 Å². The average Bonchev–Trinajstić information content (AvgIpc) is 2.61. The zero-order valence-electron chi connectivity index (χ0n) is 14.8. The topological polar surface area (TPSA) is 20.3 Å². The van der Waals surface area contributed by atoms with Crippen LogP contribution in [0, 0.1) is 0 Å². The molecule has 132 valence electrons. The van der Waals surface area contributed by atoms with Gasteiger partial charge in [-0.25, -0.2) is 0 Å². The zero-order chi connectivity index (χ0) is 17.2. The third-order valence-corrected chi connectivity index (χ3v) is 5.13. The van der Waals surface area contributed by atoms with Gasteiger partial charge in [-0.05, 0) is 55.4 Å². The van der Waals surface area contributed by atoms with Crippen LogP contribution in [0.25, 0.3) is 0 Å². The molecule has 1 heterocycles. The van der Waals surface area contributed by atoms with Crippen LogP contribution < -0.4 is 0 Å². The maximum atomic E-state index is 12.2. The number of hydrogen-bond acceptors (Lipinski definition) is 1. The lowest BCUT2D eigenvalue weighted by atomic mass is 9.89. The standard InChI is InChI=1S/C21H30ClNO/c1-2-3-4-5-6-7-8-9-21(24)23-16-14-19(15-17-23)18-10-12-20(22)13-11-18/h8-13,19H,2-7,14-17H2,1H3. The van der Waals surface area contributed by atoms with Gasteiger partial charge in [0.25, 0.3) is 0 Å². The van der Waals surface area contributed by atoms with Crippen LogP contribution in [0.5, 0.6) is 0 Å². The monoisotopic (exact) mass is 347 g/mol. The van der Waals surface area contributed by atoms with Crippen molar-refractivity contribution in [3.05, 3.63) is 47.0 Å². The highest BCUT2D eigenvalue weighted by atomic mass is 35.5. The van der Waals surface area contributed by atoms with E-state index in [0.29, 0.717) is 5.92 Å². The predicted molar refractivity (Wildman–Crippen MR) is 103 cm³/mol. The molecule has 0 aromatic heterocycles. The summed E-state index contributed by atoms with van der Waals surface area (Å²) in [5.41, 5.74) is 1.34. The van der Waals surface area contributed by atoms with Gasteiger partial charge in [0.15, 0.2) is 0 Å². The summed E-state index contributed by atoms with van der Waals surface area (Å²) in [4.78, 5) is 14.2. The fraction of sp³-hybridized carbons (Fsp3) is 0.571. The van der Waals surface area contributed by atoms with Crippen LogP contribution in [0.4, 0.5) is 0 Å². The highest BCUT2D eigenvalue weighted by Crippen LogP contribution is 2.28. The van der Waals surface area contributed by atoms with Gasteiger partial charge in [-0.3, -0.25) is 4.79 Å². The molecule has 1 saturated heterocycles. The van der Waals surface area contributed by atoms with E-state index in [1.807, 2.05) is 17.0 Å². The van der Waals surface area contributed by atoms with E-state index in [1.165, 1.54) is 37.7 Å². The molecule has 0 radical (unpaired) electrons. The number of unbranched alkanes of at least 4 members (excludes halogenated alkanes) is 5. The summed E-state index contributed by atoms with van der Waals surface area (Å²) in [5, 5.41) is 0.784. The van der Waals surface area contributed by atoms with Crippen molar-refractivity contribution >= 4 is 17.5 Å². The van der Waals surface area contributed by atoms with Gasteiger partial charge in [-0.15, -0.1) is 0 Å². The van der Waals surface area contributed by atoms with Gasteiger partial charge in [0.2, 0.25) is 5.91 Å². The summed E-state index contributed by atoms with van der Waals surface area (Å²) >= 11 is 5.95. The van der Waals surface area contributed by atoms with Crippen molar-refractivity contribution in [1.29, 1.82) is 0 Å². The second-order valence-electron chi connectivity index (χ2n) is 6.76. The SMILES string of the molecule is CCCCCCCC=CC(=O)N1CCC(c2ccc(Cl)cc2)CC1. The molecule has 1 aliphatic rings. The molecule has 24 heavy (non-hydrogen) atoms. The van der Waals surface area contributed by atoms with Crippen LogP contribution >= 0.6 is 11.6 Å². The molecular formula is C21H30ClNO. The molecule has 1 aromatic carbocycles. The van der Waals surface area contributed by atoms with Gasteiger partial charge in [0.1, 0.15) is 0 Å². The lowest BCUT2D eigenvalue weighted by molar-refractivity contribution is -0.127. The summed E-state index contributed by atoms with van der Waals surface area (Å²) in [6, 6.07) is 8.14. The molecule has 2 rings (SSSR count). The minimum Gasteiger partial charge on any atom is -0.339 e. The molecule has 3 heteroatoms. The molecule has 1 aromatic rings. The molecule has 0 aliphatic carbocycles. The number of likely N-dealkylation sites (tertiary alicyclic amines) is 1. The van der Waals surface area contributed by atoms with Crippen molar-refractivity contribution in [2.24, 2.45) is 0 Å². The quantitative estimate of drug-likeness (QED) is 0.419. The van der Waals surface area contributed by atoms with Gasteiger partial charge in [-0.1, -0.05) is 62.4 Å². The molecule has 0 N–H and O–H groups in total. The molecule has 2 nitrogen and oxygen atoms in total. The van der Waals surface area contributed by atoms with E-state index in [4.69, 9.17) is 11.6 Å². The predicted octanol–water partition coefficient (Wildman–Crippen LogP) is 5.96. The smallest absolute Gasteiger partial charge is 0.246 e. The van der Waals surface area contributed by atoms with Crippen LogP contribution in [0.2, 0.25) is 5.02 Å². The Kier molecular flexibility index (Phi) is 8.38. The third kappa shape index (κ3) is 6.32. The number of benzene rings is 1. The van der Waals surface area contributed by atoms with Crippen LogP contribution in [-0.4, -0.2) is 23.9 Å². The number of piperidine rings is 1. The van der Waals surface area contributed by atoms with E-state index in [9.17, 15) is 4.79 Å². The van der Waals surface area contributed by atoms with Gasteiger partial charge >= 0.3 is 0 Å². The van der Waals surface area contributed by atoms with E-state index >= 15 is 0 Å². The largest absolute Gasteiger partial charge is 0.339 e. The van der Waals surface area contributed by atoms with Crippen molar-refractivity contribution in [2.75, 3.05) is 13.1 Å². The second-order valence-corrected chi connectivity index (χ2v) is 7.19. The number of allylic oxidation sites excluding steroid dienone is 1. The summed E-state index contributed by atoms with van der Waals surface area (Å²) in [6.07, 6.45) is 13.3. The van der Waals surface area contributed by atoms with Gasteiger partial charge < -0.3 is 4.90 Å². The Bertz CT molecular complexity index is 515. The van der Waals surface area contributed by atoms with Crippen LogP contribution in [0.3, 0.4) is 0 Å². The Balaban J connectivity index is 1.67. The van der Waals surface area contributed by atoms with E-state index in [1.54, 1.807) is 6.08 Å². The Hall–Kier alpha value is -1.28. The summed E-state index contributed by atoms with van der Waals surface area (Å²) in [6.45, 7) is 3.94. The lowest BCUT2D eigenvalue weighted by Crippen LogP contribution is -2.36. The van der Waals surface area contributed by atoms with Gasteiger partial charge in [0, 0.05) is 18.1 Å². The number of amides is 1. The first-order valence-electron chi connectivity index (χ1n) is 9.41. The van der Waals surface area contributed by atoms with Gasteiger partial charge in [-0.2, -0.15) is 0 Å². The molecule has 1 fully saturated rings. The Labute approximate surface area is 151 Å². The second kappa shape index (κ2) is 10.6. The number of carbonyl (C=O) groups is 1. The Morgan fingerprint density at radius 1 is 1.12 bits per heavy atom. The summed E-state index contributed by atoms with van der Waals surface area (Å²) < 4.78 is 0. The number of hydrogen-bond donors (Lipinski definition) is 0. The van der Waals surface area contributed by atoms with Crippen LogP contribution in [-0.2, 0) is 4.79 Å². The molecule has 0 saturated carbocycles. The highest BCUT2D eigenvalue weighted by molar-refractivity contribution is 6.30. The Morgan fingerprint density at radius 3 is 2.46 bits per heavy atom. The fourth-order valence-electron chi connectivity index (χ4n) is 3.32. The fourth-order valence-corrected chi connectivity index (χ4v) is 3.45. The summed E-state index contributed by atoms with van der Waals surface area (Å²) in [5.74, 6) is 0.729. The Morgan fingerprint density at radius 2 is 1.79 bits per heavy atom. The maximum Gasteiger partial charge on any atom is 0.246 e. The number of nitrogens with zero attached hydrogens (tertiary/aromatic N) is 1. The van der Waals surface area contributed by atoms with Crippen molar-refractivity contribution in [1.82, 2.24) is 4.90 Å². The first-order chi connectivity index (χ1) is 11.7. The minimum atomic E-state index is 0.179. The van der Waals surface area contributed by atoms with Crippen LogP contribution in [0.1, 0.15) is 69.8 Å². The zero-order valence-corrected chi connectivity index (χ0v) is 15.6. The maximum absolute atomic E-state index is 12.2. The molecule has 0 bridgehead atoms. The number of halogens is 1. The third-order valence-electron chi connectivity index (χ3n) is 4.88. The normalized spacial score (nSPS) is 16.0. The van der Waals surface area contributed by atoms with Crippen molar-refractivity contribution < 1.29 is 4.79 Å². The number of carbonyl (C=O) groups excluding carboxylic acids is 1. The highest BCUT2D eigenvalue weighted by Gasteiger charge is 2.22. The van der Waals surface area contributed by atoms with E-state index in [2.05, 4.69) is 25.1 Å². The van der Waals surface area contributed by atoms with Crippen molar-refractivity contribution in [2.45, 2.75) is 64.2 Å². The van der Waals surface area contributed by atoms with Crippen LogP contribution in [0.15, 0.2) is 36.4 Å². The van der Waals surface area contributed by atoms with E-state index in [-0.39, 0.29) is 5.91 Å². The average molecular weight is 348 g/mol. The molecular weight excluding hydrogens is 318 g/mol. The molecule has 1 amide bonds. The molecule has 0 spiro atoms. The van der Waals surface area contributed by atoms with Crippen molar-refractivity contribution in [3.8, 4) is 0 Å². The molecule has 1 aliphatic heterocycles. The molecule has 0 atom stereocenters. The van der Waals surface area contributed by atoms with Crippen molar-refractivity contribution in [3.63, 3.8) is 0 Å². The first-order valence-corrected chi connectivity index (χ1v) is 9.79. The first kappa shape index (κ1) is 19.1. The van der Waals surface area contributed by atoms with Gasteiger partial charge in [0.05, 0.1) is 0 Å².